The van der Waals surface area contributed by atoms with Gasteiger partial charge in [0.1, 0.15) is 5.82 Å². The summed E-state index contributed by atoms with van der Waals surface area (Å²) in [5, 5.41) is 0.555. The van der Waals surface area contributed by atoms with E-state index in [4.69, 9.17) is 17.3 Å². The fourth-order valence-electron chi connectivity index (χ4n) is 1.78. The molecule has 0 aliphatic rings. The van der Waals surface area contributed by atoms with E-state index in [2.05, 4.69) is 9.97 Å². The average Bonchev–Trinajstić information content (AvgIpc) is 2.37. The summed E-state index contributed by atoms with van der Waals surface area (Å²) in [5.74, 6) is -0.326. The Kier molecular flexibility index (Phi) is 4.22. The molecule has 21 heavy (non-hydrogen) atoms. The average molecular weight is 317 g/mol. The molecule has 8 heteroatoms. The van der Waals surface area contributed by atoms with Crippen LogP contribution in [0.15, 0.2) is 30.3 Å². The zero-order valence-corrected chi connectivity index (χ0v) is 11.8. The molecule has 0 amide bonds. The van der Waals surface area contributed by atoms with E-state index < -0.39 is 17.8 Å². The van der Waals surface area contributed by atoms with Gasteiger partial charge in [-0.25, -0.2) is 4.98 Å². The number of anilines is 2. The topological polar surface area (TPSA) is 55.0 Å². The first-order chi connectivity index (χ1) is 9.75. The fourth-order valence-corrected chi connectivity index (χ4v) is 2.00. The number of nitrogens with two attached hydrogens (primary N) is 1. The van der Waals surface area contributed by atoms with Gasteiger partial charge in [-0.05, 0) is 17.7 Å². The van der Waals surface area contributed by atoms with Gasteiger partial charge in [0.2, 0.25) is 5.95 Å². The van der Waals surface area contributed by atoms with Crippen molar-refractivity contribution in [2.75, 3.05) is 17.7 Å². The second-order valence-corrected chi connectivity index (χ2v) is 4.89. The van der Waals surface area contributed by atoms with Gasteiger partial charge in [0.25, 0.3) is 0 Å². The van der Waals surface area contributed by atoms with Gasteiger partial charge >= 0.3 is 6.18 Å². The second-order valence-electron chi connectivity index (χ2n) is 4.45. The molecule has 2 aromatic rings. The van der Waals surface area contributed by atoms with Crippen molar-refractivity contribution in [1.29, 1.82) is 0 Å². The standard InChI is InChI=1S/C13H12ClF3N4/c1-21(7-8-3-2-4-9(14)5-8)11-6-10(13(15,16)17)19-12(18)20-11/h2-6H,7H2,1H3,(H2,18,19,20). The second kappa shape index (κ2) is 5.77. The maximum Gasteiger partial charge on any atom is 0.433 e. The third kappa shape index (κ3) is 3.98. The summed E-state index contributed by atoms with van der Waals surface area (Å²) in [6, 6.07) is 7.89. The Hall–Kier alpha value is -2.02. The smallest absolute Gasteiger partial charge is 0.368 e. The zero-order valence-electron chi connectivity index (χ0n) is 11.0. The maximum absolute atomic E-state index is 12.7. The molecule has 0 aliphatic heterocycles. The monoisotopic (exact) mass is 316 g/mol. The van der Waals surface area contributed by atoms with E-state index in [1.165, 1.54) is 0 Å². The summed E-state index contributed by atoms with van der Waals surface area (Å²) in [4.78, 5) is 8.57. The van der Waals surface area contributed by atoms with Gasteiger partial charge in [-0.15, -0.1) is 0 Å². The van der Waals surface area contributed by atoms with Crippen molar-refractivity contribution in [1.82, 2.24) is 9.97 Å². The fraction of sp³-hybridized carbons (Fsp3) is 0.231. The Morgan fingerprint density at radius 1 is 1.24 bits per heavy atom. The van der Waals surface area contributed by atoms with Crippen LogP contribution in [-0.4, -0.2) is 17.0 Å². The van der Waals surface area contributed by atoms with Gasteiger partial charge in [0.05, 0.1) is 0 Å². The normalized spacial score (nSPS) is 11.5. The summed E-state index contributed by atoms with van der Waals surface area (Å²) >= 11 is 5.87. The molecule has 4 nitrogen and oxygen atoms in total. The molecule has 0 spiro atoms. The summed E-state index contributed by atoms with van der Waals surface area (Å²) in [6.45, 7) is 0.342. The maximum atomic E-state index is 12.7. The van der Waals surface area contributed by atoms with Gasteiger partial charge in [-0.1, -0.05) is 23.7 Å². The van der Waals surface area contributed by atoms with Crippen LogP contribution in [0.2, 0.25) is 5.02 Å². The van der Waals surface area contributed by atoms with E-state index in [0.717, 1.165) is 11.6 Å². The molecule has 1 heterocycles. The molecule has 112 valence electrons. The van der Waals surface area contributed by atoms with E-state index in [1.807, 2.05) is 6.07 Å². The van der Waals surface area contributed by atoms with Crippen LogP contribution in [0.3, 0.4) is 0 Å². The highest BCUT2D eigenvalue weighted by Crippen LogP contribution is 2.30. The third-order valence-electron chi connectivity index (χ3n) is 2.72. The van der Waals surface area contributed by atoms with Crippen LogP contribution in [0.1, 0.15) is 11.3 Å². The molecule has 0 atom stereocenters. The number of rotatable bonds is 3. The van der Waals surface area contributed by atoms with Gasteiger partial charge in [-0.2, -0.15) is 18.2 Å². The van der Waals surface area contributed by atoms with Crippen LogP contribution in [0.25, 0.3) is 0 Å². The van der Waals surface area contributed by atoms with Crippen LogP contribution in [-0.2, 0) is 12.7 Å². The van der Waals surface area contributed by atoms with Crippen molar-refractivity contribution in [3.8, 4) is 0 Å². The Balaban J connectivity index is 2.27. The third-order valence-corrected chi connectivity index (χ3v) is 2.96. The van der Waals surface area contributed by atoms with E-state index in [-0.39, 0.29) is 5.82 Å². The number of aromatic nitrogens is 2. The molecule has 2 rings (SSSR count). The lowest BCUT2D eigenvalue weighted by molar-refractivity contribution is -0.141. The molecule has 0 unspecified atom stereocenters. The number of halogens is 4. The van der Waals surface area contributed by atoms with Crippen LogP contribution < -0.4 is 10.6 Å². The lowest BCUT2D eigenvalue weighted by Gasteiger charge is -2.19. The molecule has 0 saturated carbocycles. The van der Waals surface area contributed by atoms with Crippen LogP contribution in [0, 0.1) is 0 Å². The molecule has 1 aromatic carbocycles. The Morgan fingerprint density at radius 3 is 2.57 bits per heavy atom. The van der Waals surface area contributed by atoms with Gasteiger partial charge < -0.3 is 10.6 Å². The van der Waals surface area contributed by atoms with Crippen LogP contribution in [0.4, 0.5) is 24.9 Å². The van der Waals surface area contributed by atoms with Gasteiger partial charge in [0, 0.05) is 24.7 Å². The molecular formula is C13H12ClF3N4. The molecule has 2 N–H and O–H groups in total. The minimum atomic E-state index is -4.57. The molecular weight excluding hydrogens is 305 g/mol. The molecule has 0 radical (unpaired) electrons. The zero-order chi connectivity index (χ0) is 15.6. The summed E-state index contributed by atoms with van der Waals surface area (Å²) in [5.41, 5.74) is 5.12. The van der Waals surface area contributed by atoms with E-state index in [0.29, 0.717) is 11.6 Å². The van der Waals surface area contributed by atoms with E-state index in [1.54, 1.807) is 30.1 Å². The summed E-state index contributed by atoms with van der Waals surface area (Å²) < 4.78 is 38.1. The summed E-state index contributed by atoms with van der Waals surface area (Å²) in [6.07, 6.45) is -4.57. The Bertz CT molecular complexity index is 646. The predicted molar refractivity (Wildman–Crippen MR) is 75.0 cm³/mol. The highest BCUT2D eigenvalue weighted by Gasteiger charge is 2.33. The summed E-state index contributed by atoms with van der Waals surface area (Å²) in [7, 11) is 1.61. The minimum absolute atomic E-state index is 0.0924. The van der Waals surface area contributed by atoms with Gasteiger partial charge in [0.15, 0.2) is 5.69 Å². The van der Waals surface area contributed by atoms with Crippen molar-refractivity contribution < 1.29 is 13.2 Å². The van der Waals surface area contributed by atoms with Crippen molar-refractivity contribution >= 4 is 23.4 Å². The van der Waals surface area contributed by atoms with E-state index >= 15 is 0 Å². The highest BCUT2D eigenvalue weighted by atomic mass is 35.5. The quantitative estimate of drug-likeness (QED) is 0.943. The SMILES string of the molecule is CN(Cc1cccc(Cl)c1)c1cc(C(F)(F)F)nc(N)n1. The van der Waals surface area contributed by atoms with Crippen LogP contribution >= 0.6 is 11.6 Å². The van der Waals surface area contributed by atoms with E-state index in [9.17, 15) is 13.2 Å². The number of hydrogen-bond donors (Lipinski definition) is 1. The molecule has 0 fully saturated rings. The van der Waals surface area contributed by atoms with Gasteiger partial charge in [-0.3, -0.25) is 0 Å². The first-order valence-electron chi connectivity index (χ1n) is 5.93. The lowest BCUT2D eigenvalue weighted by Crippen LogP contribution is -2.20. The predicted octanol–water partition coefficient (Wildman–Crippen LogP) is 3.37. The van der Waals surface area contributed by atoms with Crippen molar-refractivity contribution in [3.05, 3.63) is 46.6 Å². The first-order valence-corrected chi connectivity index (χ1v) is 6.31. The van der Waals surface area contributed by atoms with Crippen molar-refractivity contribution in [3.63, 3.8) is 0 Å². The van der Waals surface area contributed by atoms with Crippen LogP contribution in [0.5, 0.6) is 0 Å². The number of hydrogen-bond acceptors (Lipinski definition) is 4. The van der Waals surface area contributed by atoms with Crippen molar-refractivity contribution in [2.45, 2.75) is 12.7 Å². The Morgan fingerprint density at radius 2 is 1.95 bits per heavy atom. The first kappa shape index (κ1) is 15.4. The minimum Gasteiger partial charge on any atom is -0.368 e. The molecule has 0 aliphatic carbocycles. The number of nitrogen functional groups attached to an aromatic ring is 1. The number of alkyl halides is 3. The number of nitrogens with zero attached hydrogens (tertiary/aromatic N) is 3. The lowest BCUT2D eigenvalue weighted by atomic mass is 10.2. The Labute approximate surface area is 124 Å². The largest absolute Gasteiger partial charge is 0.433 e. The highest BCUT2D eigenvalue weighted by molar-refractivity contribution is 6.30. The molecule has 0 bridgehead atoms. The molecule has 1 aromatic heterocycles. The van der Waals surface area contributed by atoms with Crippen molar-refractivity contribution in [2.24, 2.45) is 0 Å². The molecule has 0 saturated heterocycles. The number of benzene rings is 1.